The van der Waals surface area contributed by atoms with Gasteiger partial charge in [0.2, 0.25) is 0 Å². The SMILES string of the molecule is O=C(O)[C@H](CCO[C@@H]1CCCN(CCCc2ccc3c(n2)NCCC3)C1)Nc1nccc2ccsc12. The predicted octanol–water partition coefficient (Wildman–Crippen LogP) is 4.42. The molecule has 8 nitrogen and oxygen atoms in total. The van der Waals surface area contributed by atoms with Gasteiger partial charge in [-0.3, -0.25) is 0 Å². The van der Waals surface area contributed by atoms with Crippen molar-refractivity contribution >= 4 is 39.0 Å². The molecular weight excluding hydrogens is 474 g/mol. The number of piperidine rings is 1. The van der Waals surface area contributed by atoms with Crippen LogP contribution in [-0.4, -0.2) is 70.9 Å². The number of ether oxygens (including phenoxy) is 1. The first-order chi connectivity index (χ1) is 17.7. The number of nitrogens with zero attached hydrogens (tertiary/aromatic N) is 3. The van der Waals surface area contributed by atoms with Crippen molar-refractivity contribution in [3.8, 4) is 0 Å². The number of aliphatic carboxylic acids is 1. The molecule has 5 heterocycles. The van der Waals surface area contributed by atoms with Crippen molar-refractivity contribution in [3.63, 3.8) is 0 Å². The Kier molecular flexibility index (Phi) is 8.30. The minimum Gasteiger partial charge on any atom is -0.480 e. The Labute approximate surface area is 216 Å². The number of nitrogens with one attached hydrogen (secondary N) is 2. The average Bonchev–Trinajstić information content (AvgIpc) is 3.38. The van der Waals surface area contributed by atoms with Gasteiger partial charge in [-0.05, 0) is 86.1 Å². The first-order valence-electron chi connectivity index (χ1n) is 13.0. The van der Waals surface area contributed by atoms with Gasteiger partial charge in [-0.1, -0.05) is 6.07 Å². The number of aryl methyl sites for hydroxylation is 2. The molecule has 5 rings (SSSR count). The molecule has 0 bridgehead atoms. The van der Waals surface area contributed by atoms with Crippen molar-refractivity contribution in [1.29, 1.82) is 0 Å². The number of pyridine rings is 2. The number of carbonyl (C=O) groups is 1. The molecule has 9 heteroatoms. The zero-order chi connectivity index (χ0) is 24.7. The van der Waals surface area contributed by atoms with Crippen molar-refractivity contribution in [1.82, 2.24) is 14.9 Å². The van der Waals surface area contributed by atoms with Crippen molar-refractivity contribution in [2.75, 3.05) is 43.4 Å². The van der Waals surface area contributed by atoms with Crippen LogP contribution in [0.2, 0.25) is 0 Å². The lowest BCUT2D eigenvalue weighted by Gasteiger charge is -2.32. The maximum atomic E-state index is 11.9. The largest absolute Gasteiger partial charge is 0.480 e. The number of fused-ring (bicyclic) bond motifs is 2. The number of likely N-dealkylation sites (tertiary alicyclic amines) is 1. The van der Waals surface area contributed by atoms with Gasteiger partial charge < -0.3 is 25.4 Å². The Balaban J connectivity index is 1.05. The van der Waals surface area contributed by atoms with E-state index < -0.39 is 12.0 Å². The topological polar surface area (TPSA) is 99.6 Å². The maximum absolute atomic E-state index is 11.9. The first-order valence-corrected chi connectivity index (χ1v) is 13.9. The second kappa shape index (κ2) is 12.0. The summed E-state index contributed by atoms with van der Waals surface area (Å²) in [4.78, 5) is 23.5. The lowest BCUT2D eigenvalue weighted by Crippen LogP contribution is -2.41. The van der Waals surface area contributed by atoms with Gasteiger partial charge in [-0.15, -0.1) is 11.3 Å². The predicted molar refractivity (Wildman–Crippen MR) is 144 cm³/mol. The summed E-state index contributed by atoms with van der Waals surface area (Å²) in [5.41, 5.74) is 2.49. The molecule has 36 heavy (non-hydrogen) atoms. The second-order valence-electron chi connectivity index (χ2n) is 9.70. The van der Waals surface area contributed by atoms with E-state index >= 15 is 0 Å². The van der Waals surface area contributed by atoms with Crippen molar-refractivity contribution in [3.05, 3.63) is 47.1 Å². The summed E-state index contributed by atoms with van der Waals surface area (Å²) in [5, 5.41) is 19.3. The molecule has 3 aromatic heterocycles. The van der Waals surface area contributed by atoms with Gasteiger partial charge >= 0.3 is 5.97 Å². The zero-order valence-electron chi connectivity index (χ0n) is 20.6. The number of aromatic nitrogens is 2. The molecule has 3 aromatic rings. The summed E-state index contributed by atoms with van der Waals surface area (Å²) in [5.74, 6) is 0.815. The molecule has 0 spiro atoms. The highest BCUT2D eigenvalue weighted by Gasteiger charge is 2.23. The average molecular weight is 510 g/mol. The highest BCUT2D eigenvalue weighted by molar-refractivity contribution is 7.17. The monoisotopic (exact) mass is 509 g/mol. The molecule has 2 aliphatic rings. The van der Waals surface area contributed by atoms with E-state index in [1.54, 1.807) is 17.5 Å². The van der Waals surface area contributed by atoms with Crippen molar-refractivity contribution in [2.24, 2.45) is 0 Å². The Morgan fingerprint density at radius 2 is 2.25 bits per heavy atom. The highest BCUT2D eigenvalue weighted by atomic mass is 32.1. The standard InChI is InChI=1S/C27H35N5O3S/c33-27(34)23(31-26-24-19(9-13-29-26)11-17-36-24)10-16-35-22-6-3-15-32(18-22)14-2-5-21-8-7-20-4-1-12-28-25(20)30-21/h7-9,11,13,17,22-23H,1-6,10,12,14-16,18H2,(H,28,30)(H,29,31)(H,33,34)/t22-,23+/m1/s1. The molecule has 0 aliphatic carbocycles. The van der Waals surface area contributed by atoms with Gasteiger partial charge in [-0.25, -0.2) is 14.8 Å². The Morgan fingerprint density at radius 1 is 1.31 bits per heavy atom. The van der Waals surface area contributed by atoms with Crippen LogP contribution >= 0.6 is 11.3 Å². The lowest BCUT2D eigenvalue weighted by atomic mass is 10.1. The zero-order valence-corrected chi connectivity index (χ0v) is 21.4. The molecule has 192 valence electrons. The third-order valence-corrected chi connectivity index (χ3v) is 8.00. The lowest BCUT2D eigenvalue weighted by molar-refractivity contribution is -0.138. The van der Waals surface area contributed by atoms with Gasteiger partial charge in [0.25, 0.3) is 0 Å². The van der Waals surface area contributed by atoms with E-state index in [0.717, 1.165) is 79.9 Å². The number of carboxylic acids is 1. The summed E-state index contributed by atoms with van der Waals surface area (Å²) in [6, 6.07) is 7.62. The van der Waals surface area contributed by atoms with Crippen LogP contribution in [0.4, 0.5) is 11.6 Å². The normalized spacial score (nSPS) is 18.9. The number of anilines is 2. The third-order valence-electron chi connectivity index (χ3n) is 7.06. The van der Waals surface area contributed by atoms with Crippen LogP contribution in [0.15, 0.2) is 35.8 Å². The Bertz CT molecular complexity index is 1170. The van der Waals surface area contributed by atoms with E-state index in [-0.39, 0.29) is 6.10 Å². The smallest absolute Gasteiger partial charge is 0.326 e. The van der Waals surface area contributed by atoms with Crippen LogP contribution in [0.1, 0.15) is 43.4 Å². The summed E-state index contributed by atoms with van der Waals surface area (Å²) in [6.07, 6.45) is 8.75. The van der Waals surface area contributed by atoms with Gasteiger partial charge in [0.15, 0.2) is 0 Å². The fraction of sp³-hybridized carbons (Fsp3) is 0.519. The Morgan fingerprint density at radius 3 is 3.17 bits per heavy atom. The number of hydrogen-bond acceptors (Lipinski definition) is 8. The fourth-order valence-electron chi connectivity index (χ4n) is 5.12. The van der Waals surface area contributed by atoms with Crippen LogP contribution < -0.4 is 10.6 Å². The van der Waals surface area contributed by atoms with Gasteiger partial charge in [-0.2, -0.15) is 0 Å². The number of rotatable bonds is 11. The van der Waals surface area contributed by atoms with Crippen LogP contribution in [0.25, 0.3) is 10.1 Å². The molecule has 0 amide bonds. The third kappa shape index (κ3) is 6.32. The van der Waals surface area contributed by atoms with Gasteiger partial charge in [0.1, 0.15) is 17.7 Å². The minimum absolute atomic E-state index is 0.151. The van der Waals surface area contributed by atoms with E-state index in [9.17, 15) is 9.90 Å². The number of hydrogen-bond donors (Lipinski definition) is 3. The molecule has 0 aromatic carbocycles. The first kappa shape index (κ1) is 24.9. The quantitative estimate of drug-likeness (QED) is 0.349. The Hall–Kier alpha value is -2.75. The molecule has 3 N–H and O–H groups in total. The molecule has 1 fully saturated rings. The molecule has 0 radical (unpaired) electrons. The number of carboxylic acid groups (broad SMARTS) is 1. The van der Waals surface area contributed by atoms with E-state index in [0.29, 0.717) is 18.8 Å². The molecule has 2 atom stereocenters. The van der Waals surface area contributed by atoms with Crippen LogP contribution in [-0.2, 0) is 22.4 Å². The van der Waals surface area contributed by atoms with Crippen molar-refractivity contribution < 1.29 is 14.6 Å². The summed E-state index contributed by atoms with van der Waals surface area (Å²) < 4.78 is 7.13. The molecule has 0 unspecified atom stereocenters. The van der Waals surface area contributed by atoms with E-state index in [4.69, 9.17) is 9.72 Å². The second-order valence-corrected chi connectivity index (χ2v) is 10.6. The van der Waals surface area contributed by atoms with Crippen LogP contribution in [0, 0.1) is 0 Å². The minimum atomic E-state index is -0.884. The van der Waals surface area contributed by atoms with E-state index in [1.807, 2.05) is 17.5 Å². The van der Waals surface area contributed by atoms with E-state index in [2.05, 4.69) is 32.7 Å². The maximum Gasteiger partial charge on any atom is 0.326 e. The molecular formula is C27H35N5O3S. The molecule has 0 saturated carbocycles. The fourth-order valence-corrected chi connectivity index (χ4v) is 5.96. The van der Waals surface area contributed by atoms with Gasteiger partial charge in [0.05, 0.1) is 10.8 Å². The summed E-state index contributed by atoms with van der Waals surface area (Å²) in [6.45, 7) is 4.45. The highest BCUT2D eigenvalue weighted by Crippen LogP contribution is 2.27. The van der Waals surface area contributed by atoms with Gasteiger partial charge in [0, 0.05) is 38.0 Å². The molecule has 2 aliphatic heterocycles. The van der Waals surface area contributed by atoms with Crippen LogP contribution in [0.5, 0.6) is 0 Å². The molecule has 1 saturated heterocycles. The van der Waals surface area contributed by atoms with E-state index in [1.165, 1.54) is 12.0 Å². The summed E-state index contributed by atoms with van der Waals surface area (Å²) in [7, 11) is 0. The summed E-state index contributed by atoms with van der Waals surface area (Å²) >= 11 is 1.56. The number of thiophene rings is 1. The van der Waals surface area contributed by atoms with Crippen molar-refractivity contribution in [2.45, 2.75) is 57.1 Å². The van der Waals surface area contributed by atoms with Crippen LogP contribution in [0.3, 0.4) is 0 Å².